The molecule has 0 aliphatic carbocycles. The molecule has 1 N–H and O–H groups in total. The Hall–Kier alpha value is -1.71. The van der Waals surface area contributed by atoms with Crippen molar-refractivity contribution in [2.45, 2.75) is 32.7 Å². The van der Waals surface area contributed by atoms with Gasteiger partial charge in [-0.15, -0.1) is 0 Å². The first-order chi connectivity index (χ1) is 8.91. The highest BCUT2D eigenvalue weighted by atomic mass is 16.5. The highest BCUT2D eigenvalue weighted by Gasteiger charge is 2.34. The van der Waals surface area contributed by atoms with Gasteiger partial charge < -0.3 is 14.8 Å². The number of ether oxygens (including phenoxy) is 2. The maximum absolute atomic E-state index is 12.0. The van der Waals surface area contributed by atoms with Crippen LogP contribution in [0.15, 0.2) is 24.3 Å². The highest BCUT2D eigenvalue weighted by molar-refractivity contribution is 5.84. The Morgan fingerprint density at radius 1 is 1.26 bits per heavy atom. The van der Waals surface area contributed by atoms with E-state index in [1.165, 1.54) is 7.11 Å². The van der Waals surface area contributed by atoms with Gasteiger partial charge in [-0.1, -0.05) is 13.8 Å². The van der Waals surface area contributed by atoms with Crippen LogP contribution >= 0.6 is 0 Å². The topological polar surface area (TPSA) is 47.6 Å². The summed E-state index contributed by atoms with van der Waals surface area (Å²) in [5, 5.41) is 3.26. The number of methoxy groups -OCH3 is 2. The number of hydrogen-bond donors (Lipinski definition) is 1. The predicted octanol–water partition coefficient (Wildman–Crippen LogP) is 3.08. The third-order valence-corrected chi connectivity index (χ3v) is 2.96. The molecule has 0 radical (unpaired) electrons. The highest BCUT2D eigenvalue weighted by Crippen LogP contribution is 2.25. The van der Waals surface area contributed by atoms with Crippen molar-refractivity contribution >= 4 is 11.7 Å². The number of rotatable bonds is 6. The Balaban J connectivity index is 2.90. The molecule has 106 valence electrons. The molecule has 0 saturated heterocycles. The molecule has 1 rings (SSSR count). The van der Waals surface area contributed by atoms with Gasteiger partial charge in [0, 0.05) is 5.69 Å². The fourth-order valence-corrected chi connectivity index (χ4v) is 2.22. The first-order valence-corrected chi connectivity index (χ1v) is 6.42. The minimum Gasteiger partial charge on any atom is -0.497 e. The average Bonchev–Trinajstić information content (AvgIpc) is 2.37. The fourth-order valence-electron chi connectivity index (χ4n) is 2.22. The number of benzene rings is 1. The molecule has 0 spiro atoms. The van der Waals surface area contributed by atoms with Crippen molar-refractivity contribution in [2.24, 2.45) is 5.92 Å². The van der Waals surface area contributed by atoms with Crippen molar-refractivity contribution in [2.75, 3.05) is 19.5 Å². The molecule has 4 heteroatoms. The monoisotopic (exact) mass is 265 g/mol. The van der Waals surface area contributed by atoms with E-state index in [1.54, 1.807) is 7.11 Å². The van der Waals surface area contributed by atoms with E-state index in [2.05, 4.69) is 19.2 Å². The normalized spacial score (nSPS) is 13.8. The molecule has 4 nitrogen and oxygen atoms in total. The van der Waals surface area contributed by atoms with E-state index in [4.69, 9.17) is 9.47 Å². The summed E-state index contributed by atoms with van der Waals surface area (Å²) in [4.78, 5) is 12.0. The standard InChI is InChI=1S/C15H23NO3/c1-11(2)10-15(3,14(17)19-5)16-12-6-8-13(18-4)9-7-12/h6-9,11,16H,10H2,1-5H3. The van der Waals surface area contributed by atoms with Crippen LogP contribution in [0.4, 0.5) is 5.69 Å². The summed E-state index contributed by atoms with van der Waals surface area (Å²) >= 11 is 0. The quantitative estimate of drug-likeness (QED) is 0.803. The number of carbonyl (C=O) groups excluding carboxylic acids is 1. The number of carbonyl (C=O) groups is 1. The molecule has 0 aliphatic heterocycles. The van der Waals surface area contributed by atoms with Crippen molar-refractivity contribution in [1.82, 2.24) is 0 Å². The Labute approximate surface area is 115 Å². The molecule has 1 aromatic carbocycles. The van der Waals surface area contributed by atoms with Gasteiger partial charge in [0.15, 0.2) is 0 Å². The minimum atomic E-state index is -0.725. The molecule has 19 heavy (non-hydrogen) atoms. The van der Waals surface area contributed by atoms with Crippen LogP contribution in [0.2, 0.25) is 0 Å². The van der Waals surface area contributed by atoms with Gasteiger partial charge >= 0.3 is 5.97 Å². The van der Waals surface area contributed by atoms with Crippen LogP contribution in [0.5, 0.6) is 5.75 Å². The lowest BCUT2D eigenvalue weighted by Crippen LogP contribution is -2.45. The molecule has 0 aliphatic rings. The Kier molecular flexibility index (Phi) is 5.21. The number of hydrogen-bond acceptors (Lipinski definition) is 4. The molecule has 1 atom stereocenters. The molecule has 1 aromatic rings. The second-order valence-corrected chi connectivity index (χ2v) is 5.28. The molecular formula is C15H23NO3. The Bertz CT molecular complexity index is 414. The summed E-state index contributed by atoms with van der Waals surface area (Å²) in [5.41, 5.74) is 0.145. The summed E-state index contributed by atoms with van der Waals surface area (Å²) in [6, 6.07) is 7.49. The van der Waals surface area contributed by atoms with Crippen LogP contribution in [0.25, 0.3) is 0 Å². The van der Waals surface area contributed by atoms with Gasteiger partial charge in [-0.3, -0.25) is 0 Å². The van der Waals surface area contributed by atoms with Crippen LogP contribution < -0.4 is 10.1 Å². The van der Waals surface area contributed by atoms with Gasteiger partial charge in [-0.2, -0.15) is 0 Å². The van der Waals surface area contributed by atoms with Crippen molar-refractivity contribution in [3.63, 3.8) is 0 Å². The number of esters is 1. The summed E-state index contributed by atoms with van der Waals surface area (Å²) in [6.07, 6.45) is 0.700. The SMILES string of the molecule is COC(=O)C(C)(CC(C)C)Nc1ccc(OC)cc1. The fraction of sp³-hybridized carbons (Fsp3) is 0.533. The van der Waals surface area contributed by atoms with Crippen molar-refractivity contribution in [1.29, 1.82) is 0 Å². The summed E-state index contributed by atoms with van der Waals surface area (Å²) in [7, 11) is 3.04. The third-order valence-electron chi connectivity index (χ3n) is 2.96. The van der Waals surface area contributed by atoms with Crippen LogP contribution in [-0.2, 0) is 9.53 Å². The first-order valence-electron chi connectivity index (χ1n) is 6.42. The lowest BCUT2D eigenvalue weighted by molar-refractivity contribution is -0.146. The molecular weight excluding hydrogens is 242 g/mol. The van der Waals surface area contributed by atoms with Gasteiger partial charge in [0.25, 0.3) is 0 Å². The minimum absolute atomic E-state index is 0.253. The number of nitrogens with one attached hydrogen (secondary N) is 1. The van der Waals surface area contributed by atoms with E-state index < -0.39 is 5.54 Å². The largest absolute Gasteiger partial charge is 0.497 e. The molecule has 0 amide bonds. The molecule has 0 heterocycles. The molecule has 0 fully saturated rings. The molecule has 0 saturated carbocycles. The van der Waals surface area contributed by atoms with Gasteiger partial charge in [0.05, 0.1) is 14.2 Å². The molecule has 1 unspecified atom stereocenters. The van der Waals surface area contributed by atoms with Crippen molar-refractivity contribution in [3.8, 4) is 5.75 Å². The lowest BCUT2D eigenvalue weighted by atomic mass is 9.90. The van der Waals surface area contributed by atoms with E-state index >= 15 is 0 Å². The Morgan fingerprint density at radius 2 is 1.84 bits per heavy atom. The van der Waals surface area contributed by atoms with Gasteiger partial charge in [-0.05, 0) is 43.5 Å². The van der Waals surface area contributed by atoms with E-state index in [-0.39, 0.29) is 5.97 Å². The van der Waals surface area contributed by atoms with Crippen LogP contribution in [0, 0.1) is 5.92 Å². The second-order valence-electron chi connectivity index (χ2n) is 5.28. The van der Waals surface area contributed by atoms with Crippen LogP contribution in [0.3, 0.4) is 0 Å². The maximum Gasteiger partial charge on any atom is 0.331 e. The van der Waals surface area contributed by atoms with E-state index in [0.29, 0.717) is 12.3 Å². The van der Waals surface area contributed by atoms with E-state index in [1.807, 2.05) is 31.2 Å². The average molecular weight is 265 g/mol. The van der Waals surface area contributed by atoms with Crippen LogP contribution in [-0.4, -0.2) is 25.7 Å². The lowest BCUT2D eigenvalue weighted by Gasteiger charge is -2.30. The predicted molar refractivity (Wildman–Crippen MR) is 76.5 cm³/mol. The summed E-state index contributed by atoms with van der Waals surface area (Å²) in [5.74, 6) is 0.918. The molecule has 0 bridgehead atoms. The van der Waals surface area contributed by atoms with Gasteiger partial charge in [-0.25, -0.2) is 4.79 Å². The third kappa shape index (κ3) is 4.16. The van der Waals surface area contributed by atoms with Gasteiger partial charge in [0.2, 0.25) is 0 Å². The maximum atomic E-state index is 12.0. The first kappa shape index (κ1) is 15.3. The smallest absolute Gasteiger partial charge is 0.331 e. The zero-order valence-electron chi connectivity index (χ0n) is 12.3. The summed E-state index contributed by atoms with van der Waals surface area (Å²) in [6.45, 7) is 6.02. The van der Waals surface area contributed by atoms with Crippen LogP contribution in [0.1, 0.15) is 27.2 Å². The zero-order valence-corrected chi connectivity index (χ0v) is 12.3. The summed E-state index contributed by atoms with van der Waals surface area (Å²) < 4.78 is 10.0. The molecule has 0 aromatic heterocycles. The van der Waals surface area contributed by atoms with E-state index in [0.717, 1.165) is 11.4 Å². The number of anilines is 1. The van der Waals surface area contributed by atoms with Gasteiger partial charge in [0.1, 0.15) is 11.3 Å². The van der Waals surface area contributed by atoms with E-state index in [9.17, 15) is 4.79 Å². The Morgan fingerprint density at radius 3 is 2.26 bits per heavy atom. The van der Waals surface area contributed by atoms with Crippen molar-refractivity contribution in [3.05, 3.63) is 24.3 Å². The second kappa shape index (κ2) is 6.45. The van der Waals surface area contributed by atoms with Crippen molar-refractivity contribution < 1.29 is 14.3 Å². The zero-order chi connectivity index (χ0) is 14.5.